The molecule has 0 heterocycles. The number of hydrogen-bond donors (Lipinski definition) is 0. The van der Waals surface area contributed by atoms with Crippen molar-refractivity contribution in [2.24, 2.45) is 0 Å². The van der Waals surface area contributed by atoms with Gasteiger partial charge in [0.05, 0.1) is 0 Å². The Morgan fingerprint density at radius 3 is 2.24 bits per heavy atom. The van der Waals surface area contributed by atoms with Crippen LogP contribution in [0.15, 0.2) is 43.0 Å². The molecule has 0 radical (unpaired) electrons. The van der Waals surface area contributed by atoms with Gasteiger partial charge in [-0.25, -0.2) is 0 Å². The molecule has 0 atom stereocenters. The standard InChI is InChI=1S/C19H28O2/c1-2-3-4-5-6-7-8-9-13-16-19(20)21-17-18-14-11-10-12-15-18/h2,10-12,14-15H,1,3-9,13,16-17H2. The topological polar surface area (TPSA) is 26.3 Å². The number of unbranched alkanes of at least 4 members (excludes halogenated alkanes) is 7. The van der Waals surface area contributed by atoms with E-state index in [1.54, 1.807) is 0 Å². The number of ether oxygens (including phenoxy) is 1. The summed E-state index contributed by atoms with van der Waals surface area (Å²) in [7, 11) is 0. The van der Waals surface area contributed by atoms with E-state index in [1.807, 2.05) is 36.4 Å². The SMILES string of the molecule is C=CCCCCCCCCCC(=O)OCc1ccccc1. The predicted molar refractivity (Wildman–Crippen MR) is 88.0 cm³/mol. The van der Waals surface area contributed by atoms with Gasteiger partial charge in [-0.1, -0.05) is 68.5 Å². The highest BCUT2D eigenvalue weighted by Gasteiger charge is 2.03. The molecule has 2 nitrogen and oxygen atoms in total. The lowest BCUT2D eigenvalue weighted by Gasteiger charge is -2.05. The van der Waals surface area contributed by atoms with Crippen LogP contribution in [0.4, 0.5) is 0 Å². The van der Waals surface area contributed by atoms with Crippen LogP contribution in [0.3, 0.4) is 0 Å². The zero-order chi connectivity index (χ0) is 15.2. The third kappa shape index (κ3) is 9.89. The zero-order valence-electron chi connectivity index (χ0n) is 13.1. The number of benzene rings is 1. The minimum atomic E-state index is -0.0789. The zero-order valence-corrected chi connectivity index (χ0v) is 13.1. The van der Waals surface area contributed by atoms with Gasteiger partial charge in [0.25, 0.3) is 0 Å². The van der Waals surface area contributed by atoms with E-state index in [9.17, 15) is 4.79 Å². The van der Waals surface area contributed by atoms with Crippen molar-refractivity contribution >= 4 is 5.97 Å². The monoisotopic (exact) mass is 288 g/mol. The summed E-state index contributed by atoms with van der Waals surface area (Å²) in [6.45, 7) is 4.12. The van der Waals surface area contributed by atoms with E-state index in [-0.39, 0.29) is 5.97 Å². The highest BCUT2D eigenvalue weighted by molar-refractivity contribution is 5.69. The van der Waals surface area contributed by atoms with E-state index in [0.717, 1.165) is 24.8 Å². The molecule has 0 aliphatic rings. The molecule has 0 spiro atoms. The van der Waals surface area contributed by atoms with E-state index in [2.05, 4.69) is 6.58 Å². The number of esters is 1. The van der Waals surface area contributed by atoms with Crippen molar-refractivity contribution in [1.82, 2.24) is 0 Å². The average molecular weight is 288 g/mol. The minimum absolute atomic E-state index is 0.0789. The average Bonchev–Trinajstić information content (AvgIpc) is 2.52. The highest BCUT2D eigenvalue weighted by Crippen LogP contribution is 2.10. The Hall–Kier alpha value is -1.57. The molecule has 0 unspecified atom stereocenters. The highest BCUT2D eigenvalue weighted by atomic mass is 16.5. The van der Waals surface area contributed by atoms with Crippen molar-refractivity contribution in [3.63, 3.8) is 0 Å². The molecule has 0 N–H and O–H groups in total. The molecule has 0 aliphatic carbocycles. The lowest BCUT2D eigenvalue weighted by molar-refractivity contribution is -0.145. The molecule has 116 valence electrons. The number of carbonyl (C=O) groups excluding carboxylic acids is 1. The van der Waals surface area contributed by atoms with Crippen molar-refractivity contribution in [2.45, 2.75) is 64.4 Å². The molecule has 1 aromatic rings. The molecule has 0 fully saturated rings. The minimum Gasteiger partial charge on any atom is -0.461 e. The maximum atomic E-state index is 11.6. The van der Waals surface area contributed by atoms with Gasteiger partial charge >= 0.3 is 5.97 Å². The van der Waals surface area contributed by atoms with Crippen molar-refractivity contribution < 1.29 is 9.53 Å². The van der Waals surface area contributed by atoms with Crippen LogP contribution in [0, 0.1) is 0 Å². The quantitative estimate of drug-likeness (QED) is 0.291. The van der Waals surface area contributed by atoms with E-state index in [0.29, 0.717) is 13.0 Å². The molecule has 0 saturated carbocycles. The summed E-state index contributed by atoms with van der Waals surface area (Å²) in [6, 6.07) is 9.82. The van der Waals surface area contributed by atoms with Crippen molar-refractivity contribution in [3.8, 4) is 0 Å². The second-order valence-corrected chi connectivity index (χ2v) is 5.45. The van der Waals surface area contributed by atoms with Gasteiger partial charge < -0.3 is 4.74 Å². The van der Waals surface area contributed by atoms with Crippen LogP contribution in [0.1, 0.15) is 63.4 Å². The van der Waals surface area contributed by atoms with Crippen LogP contribution >= 0.6 is 0 Å². The summed E-state index contributed by atoms with van der Waals surface area (Å²) >= 11 is 0. The molecule has 21 heavy (non-hydrogen) atoms. The predicted octanol–water partition coefficient (Wildman–Crippen LogP) is 5.43. The molecule has 0 saturated heterocycles. The Kier molecular flexibility index (Phi) is 10.1. The van der Waals surface area contributed by atoms with E-state index < -0.39 is 0 Å². The Morgan fingerprint density at radius 2 is 1.57 bits per heavy atom. The van der Waals surface area contributed by atoms with E-state index >= 15 is 0 Å². The molecule has 1 rings (SSSR count). The van der Waals surface area contributed by atoms with Crippen LogP contribution in [0.25, 0.3) is 0 Å². The summed E-state index contributed by atoms with van der Waals surface area (Å²) in [5.74, 6) is -0.0789. The van der Waals surface area contributed by atoms with Gasteiger partial charge in [-0.3, -0.25) is 4.79 Å². The fourth-order valence-electron chi connectivity index (χ4n) is 2.25. The van der Waals surface area contributed by atoms with Gasteiger partial charge in [0.2, 0.25) is 0 Å². The first kappa shape index (κ1) is 17.5. The Balaban J connectivity index is 1.90. The van der Waals surface area contributed by atoms with Crippen molar-refractivity contribution in [3.05, 3.63) is 48.6 Å². The normalized spacial score (nSPS) is 10.3. The summed E-state index contributed by atoms with van der Waals surface area (Å²) in [4.78, 5) is 11.6. The molecule has 0 amide bonds. The molecule has 1 aromatic carbocycles. The summed E-state index contributed by atoms with van der Waals surface area (Å²) in [5, 5.41) is 0. The Bertz CT molecular complexity index is 384. The fraction of sp³-hybridized carbons (Fsp3) is 0.526. The molecular weight excluding hydrogens is 260 g/mol. The van der Waals surface area contributed by atoms with Crippen molar-refractivity contribution in [2.75, 3.05) is 0 Å². The molecule has 0 aliphatic heterocycles. The lowest BCUT2D eigenvalue weighted by atomic mass is 10.1. The third-order valence-electron chi connectivity index (χ3n) is 3.53. The van der Waals surface area contributed by atoms with Gasteiger partial charge in [0.15, 0.2) is 0 Å². The van der Waals surface area contributed by atoms with E-state index in [4.69, 9.17) is 4.74 Å². The first-order valence-corrected chi connectivity index (χ1v) is 8.13. The van der Waals surface area contributed by atoms with Crippen LogP contribution < -0.4 is 0 Å². The number of rotatable bonds is 12. The van der Waals surface area contributed by atoms with Gasteiger partial charge in [-0.15, -0.1) is 6.58 Å². The lowest BCUT2D eigenvalue weighted by Crippen LogP contribution is -2.04. The largest absolute Gasteiger partial charge is 0.461 e. The molecule has 0 bridgehead atoms. The summed E-state index contributed by atoms with van der Waals surface area (Å²) < 4.78 is 5.25. The number of hydrogen-bond acceptors (Lipinski definition) is 2. The van der Waals surface area contributed by atoms with E-state index in [1.165, 1.54) is 32.1 Å². The van der Waals surface area contributed by atoms with Crippen LogP contribution in [-0.2, 0) is 16.1 Å². The maximum absolute atomic E-state index is 11.6. The molecular formula is C19H28O2. The fourth-order valence-corrected chi connectivity index (χ4v) is 2.25. The first-order valence-electron chi connectivity index (χ1n) is 8.13. The van der Waals surface area contributed by atoms with Crippen molar-refractivity contribution in [1.29, 1.82) is 0 Å². The third-order valence-corrected chi connectivity index (χ3v) is 3.53. The Morgan fingerprint density at radius 1 is 0.952 bits per heavy atom. The van der Waals surface area contributed by atoms with Gasteiger partial charge in [-0.2, -0.15) is 0 Å². The van der Waals surface area contributed by atoms with Gasteiger partial charge in [-0.05, 0) is 24.8 Å². The molecule has 2 heteroatoms. The number of allylic oxidation sites excluding steroid dienone is 1. The van der Waals surface area contributed by atoms with Crippen LogP contribution in [0.5, 0.6) is 0 Å². The summed E-state index contributed by atoms with van der Waals surface area (Å²) in [5.41, 5.74) is 1.05. The Labute approximate surface area is 129 Å². The number of carbonyl (C=O) groups is 1. The van der Waals surface area contributed by atoms with Crippen LogP contribution in [-0.4, -0.2) is 5.97 Å². The second-order valence-electron chi connectivity index (χ2n) is 5.45. The second kappa shape index (κ2) is 12.2. The van der Waals surface area contributed by atoms with Gasteiger partial charge in [0, 0.05) is 6.42 Å². The van der Waals surface area contributed by atoms with Crippen LogP contribution in [0.2, 0.25) is 0 Å². The summed E-state index contributed by atoms with van der Waals surface area (Å²) in [6.07, 6.45) is 12.1. The van der Waals surface area contributed by atoms with Gasteiger partial charge in [0.1, 0.15) is 6.61 Å². The molecule has 0 aromatic heterocycles. The maximum Gasteiger partial charge on any atom is 0.306 e. The first-order chi connectivity index (χ1) is 10.3. The smallest absolute Gasteiger partial charge is 0.306 e.